The third-order valence-corrected chi connectivity index (χ3v) is 1.34. The van der Waals surface area contributed by atoms with E-state index in [0.717, 1.165) is 6.42 Å². The first-order chi connectivity index (χ1) is 5.71. The van der Waals surface area contributed by atoms with E-state index in [1.807, 2.05) is 6.92 Å². The molecule has 0 bridgehead atoms. The monoisotopic (exact) mass is 385 g/mol. The van der Waals surface area contributed by atoms with Gasteiger partial charge in [-0.2, -0.15) is 0 Å². The maximum atomic E-state index is 8.42. The molecule has 0 saturated heterocycles. The Morgan fingerprint density at radius 1 is 1.36 bits per heavy atom. The molecule has 1 unspecified atom stereocenters. The Hall–Kier alpha value is 0.553. The van der Waals surface area contributed by atoms with Crippen LogP contribution in [0.3, 0.4) is 0 Å². The summed E-state index contributed by atoms with van der Waals surface area (Å²) in [5.41, 5.74) is 11.1. The predicted octanol–water partition coefficient (Wildman–Crippen LogP) is -3.13. The Bertz CT molecular complexity index is 128. The van der Waals surface area contributed by atoms with Crippen molar-refractivity contribution in [2.45, 2.75) is 32.7 Å². The summed E-state index contributed by atoms with van der Waals surface area (Å²) in [7, 11) is -2.92. The third kappa shape index (κ3) is 22.9. The maximum absolute atomic E-state index is 8.42. The quantitative estimate of drug-likeness (QED) is 0.498. The van der Waals surface area contributed by atoms with Gasteiger partial charge in [-0.15, -0.1) is 0 Å². The topological polar surface area (TPSA) is 121 Å². The molecule has 0 aliphatic heterocycles. The molecule has 0 aromatic heterocycles. The van der Waals surface area contributed by atoms with Crippen molar-refractivity contribution in [2.75, 3.05) is 6.54 Å². The van der Waals surface area contributed by atoms with Crippen molar-refractivity contribution < 1.29 is 37.6 Å². The molecule has 5 nitrogen and oxygen atoms in total. The summed E-state index contributed by atoms with van der Waals surface area (Å²) in [5, 5.41) is 25.2. The molecule has 0 amide bonds. The average molecular weight is 385 g/mol. The van der Waals surface area contributed by atoms with Gasteiger partial charge in [-0.25, -0.2) is 0 Å². The molecule has 0 rings (SSSR count). The average Bonchev–Trinajstić information content (AvgIpc) is 1.83. The fourth-order valence-electron chi connectivity index (χ4n) is 1.02. The van der Waals surface area contributed by atoms with Gasteiger partial charge in [0.15, 0.2) is 0 Å². The van der Waals surface area contributed by atoms with E-state index in [1.165, 1.54) is 0 Å². The zero-order valence-corrected chi connectivity index (χ0v) is 11.0. The SMILES string of the molecule is CC(C)CC(C)(N)CN.[H+].[O-]B([O-])[O-].[Pt+2]. The summed E-state index contributed by atoms with van der Waals surface area (Å²) in [6.07, 6.45) is 1.00. The van der Waals surface area contributed by atoms with Crippen molar-refractivity contribution in [3.8, 4) is 0 Å². The standard InChI is InChI=1S/C7H18N2.BO3.Pt/c1-6(2)4-7(3,9)5-8;2-1(3)4;/h6H,4-5,8-9H2,1-3H3;;/q;-3;+2/p+1. The van der Waals surface area contributed by atoms with Gasteiger partial charge in [0.2, 0.25) is 0 Å². The minimum absolute atomic E-state index is 0. The largest absolute Gasteiger partial charge is 2.00 e. The van der Waals surface area contributed by atoms with Gasteiger partial charge in [-0.3, -0.25) is 7.32 Å². The first-order valence-electron chi connectivity index (χ1n) is 4.17. The van der Waals surface area contributed by atoms with Crippen LogP contribution in [0.15, 0.2) is 0 Å². The van der Waals surface area contributed by atoms with E-state index in [4.69, 9.17) is 26.5 Å². The predicted molar refractivity (Wildman–Crippen MR) is 48.0 cm³/mol. The minimum Gasteiger partial charge on any atom is -0.907 e. The van der Waals surface area contributed by atoms with Crippen LogP contribution in [0, 0.1) is 5.92 Å². The van der Waals surface area contributed by atoms with Crippen LogP contribution in [0.1, 0.15) is 28.6 Å². The Labute approximate surface area is 102 Å². The first kappa shape index (κ1) is 20.0. The molecule has 7 heteroatoms. The minimum atomic E-state index is -2.92. The van der Waals surface area contributed by atoms with Gasteiger partial charge in [-0.1, -0.05) is 13.8 Å². The van der Waals surface area contributed by atoms with Crippen molar-refractivity contribution in [1.29, 1.82) is 0 Å². The van der Waals surface area contributed by atoms with Crippen LogP contribution in [0.4, 0.5) is 0 Å². The van der Waals surface area contributed by atoms with Crippen LogP contribution < -0.4 is 26.5 Å². The second kappa shape index (κ2) is 10.1. The van der Waals surface area contributed by atoms with Crippen molar-refractivity contribution in [1.82, 2.24) is 0 Å². The molecule has 0 saturated carbocycles. The van der Waals surface area contributed by atoms with E-state index < -0.39 is 7.32 Å². The first-order valence-corrected chi connectivity index (χ1v) is 4.17. The molecule has 4 N–H and O–H groups in total. The van der Waals surface area contributed by atoms with Crippen LogP contribution >= 0.6 is 0 Å². The van der Waals surface area contributed by atoms with Crippen LogP contribution in [-0.2, 0) is 21.1 Å². The number of hydrogen-bond donors (Lipinski definition) is 2. The van der Waals surface area contributed by atoms with Crippen LogP contribution in [0.2, 0.25) is 0 Å². The van der Waals surface area contributed by atoms with E-state index in [-0.39, 0.29) is 28.0 Å². The van der Waals surface area contributed by atoms with E-state index in [0.29, 0.717) is 12.5 Å². The number of hydrogen-bond acceptors (Lipinski definition) is 5. The smallest absolute Gasteiger partial charge is 0.907 e. The fourth-order valence-corrected chi connectivity index (χ4v) is 1.02. The molecule has 0 aliphatic rings. The van der Waals surface area contributed by atoms with Crippen molar-refractivity contribution in [2.24, 2.45) is 17.4 Å². The maximum Gasteiger partial charge on any atom is 2.00 e. The second-order valence-corrected chi connectivity index (χ2v) is 3.74. The molecule has 0 aromatic rings. The van der Waals surface area contributed by atoms with Gasteiger partial charge in [0, 0.05) is 12.1 Å². The van der Waals surface area contributed by atoms with Crippen molar-refractivity contribution in [3.63, 3.8) is 0 Å². The molecular formula is C7H19BN2O3Pt. The van der Waals surface area contributed by atoms with Gasteiger partial charge in [0.1, 0.15) is 0 Å². The van der Waals surface area contributed by atoms with Crippen LogP contribution in [0.5, 0.6) is 0 Å². The molecule has 0 heterocycles. The van der Waals surface area contributed by atoms with E-state index >= 15 is 0 Å². The summed E-state index contributed by atoms with van der Waals surface area (Å²) in [4.78, 5) is 0. The molecule has 0 spiro atoms. The van der Waals surface area contributed by atoms with E-state index in [2.05, 4.69) is 13.8 Å². The Morgan fingerprint density at radius 3 is 1.71 bits per heavy atom. The number of rotatable bonds is 3. The molecule has 0 radical (unpaired) electrons. The van der Waals surface area contributed by atoms with Gasteiger partial charge in [-0.05, 0) is 19.3 Å². The number of nitrogens with two attached hydrogens (primary N) is 2. The summed E-state index contributed by atoms with van der Waals surface area (Å²) >= 11 is 0. The molecule has 88 valence electrons. The van der Waals surface area contributed by atoms with Crippen molar-refractivity contribution >= 4 is 7.32 Å². The Morgan fingerprint density at radius 2 is 1.64 bits per heavy atom. The third-order valence-electron chi connectivity index (χ3n) is 1.34. The Kier molecular flexibility index (Phi) is 14.4. The van der Waals surface area contributed by atoms with Crippen LogP contribution in [0.25, 0.3) is 0 Å². The zero-order valence-electron chi connectivity index (χ0n) is 9.76. The van der Waals surface area contributed by atoms with Crippen molar-refractivity contribution in [3.05, 3.63) is 0 Å². The molecule has 14 heavy (non-hydrogen) atoms. The normalized spacial score (nSPS) is 13.5. The van der Waals surface area contributed by atoms with Gasteiger partial charge in [0.05, 0.1) is 0 Å². The molecule has 0 fully saturated rings. The Balaban J connectivity index is -0.0000000883. The van der Waals surface area contributed by atoms with Crippen LogP contribution in [-0.4, -0.2) is 19.4 Å². The fraction of sp³-hybridized carbons (Fsp3) is 1.00. The zero-order chi connectivity index (χ0) is 11.1. The van der Waals surface area contributed by atoms with Gasteiger partial charge < -0.3 is 26.5 Å². The molecule has 1 atom stereocenters. The summed E-state index contributed by atoms with van der Waals surface area (Å²) in [5.74, 6) is 0.642. The molecule has 0 aromatic carbocycles. The van der Waals surface area contributed by atoms with Gasteiger partial charge in [0.25, 0.3) is 0 Å². The molecule has 0 aliphatic carbocycles. The van der Waals surface area contributed by atoms with E-state index in [1.54, 1.807) is 0 Å². The second-order valence-electron chi connectivity index (χ2n) is 3.74. The summed E-state index contributed by atoms with van der Waals surface area (Å²) < 4.78 is 0. The molecular weight excluding hydrogens is 366 g/mol. The van der Waals surface area contributed by atoms with E-state index in [9.17, 15) is 0 Å². The summed E-state index contributed by atoms with van der Waals surface area (Å²) in [6.45, 7) is 6.87. The summed E-state index contributed by atoms with van der Waals surface area (Å²) in [6, 6.07) is 0. The van der Waals surface area contributed by atoms with Gasteiger partial charge >= 0.3 is 22.5 Å².